The maximum absolute atomic E-state index is 5.21. The van der Waals surface area contributed by atoms with Crippen LogP contribution in [0.25, 0.3) is 0 Å². The molecule has 7 heteroatoms. The second-order valence-corrected chi connectivity index (χ2v) is 4.94. The Kier molecular flexibility index (Phi) is 3.90. The summed E-state index contributed by atoms with van der Waals surface area (Å²) in [7, 11) is -0.787. The van der Waals surface area contributed by atoms with Crippen molar-refractivity contribution in [1.82, 2.24) is 0 Å². The first-order chi connectivity index (χ1) is 4.89. The van der Waals surface area contributed by atoms with Crippen LogP contribution in [-0.2, 0) is 17.4 Å². The molecule has 0 fully saturated rings. The van der Waals surface area contributed by atoms with Gasteiger partial charge in [0.05, 0.1) is 5.86 Å². The lowest BCUT2D eigenvalue weighted by Gasteiger charge is -1.99. The molecule has 1 heterocycles. The molecule has 0 spiro atoms. The molecule has 0 aromatic carbocycles. The zero-order valence-electron chi connectivity index (χ0n) is 5.42. The summed E-state index contributed by atoms with van der Waals surface area (Å²) in [5.74, 6) is 1.70. The molecule has 0 saturated heterocycles. The fourth-order valence-electron chi connectivity index (χ4n) is 0.338. The van der Waals surface area contributed by atoms with Gasteiger partial charge in [-0.15, -0.1) is 0 Å². The fraction of sp³-hybridized carbons (Fsp3) is 0.667. The lowest BCUT2D eigenvalue weighted by molar-refractivity contribution is 0.105. The van der Waals surface area contributed by atoms with Crippen molar-refractivity contribution in [3.05, 3.63) is 0 Å². The molecule has 1 aliphatic rings. The summed E-state index contributed by atoms with van der Waals surface area (Å²) in [4.78, 5) is 0. The predicted molar refractivity (Wildman–Crippen MR) is 38.4 cm³/mol. The number of rotatable bonds is 0. The van der Waals surface area contributed by atoms with E-state index in [4.69, 9.17) is 17.4 Å². The summed E-state index contributed by atoms with van der Waals surface area (Å²) in [6, 6.07) is 0. The van der Waals surface area contributed by atoms with Gasteiger partial charge in [0.25, 0.3) is 0 Å². The molecule has 0 N–H and O–H groups in total. The van der Waals surface area contributed by atoms with Crippen molar-refractivity contribution in [3.63, 3.8) is 0 Å². The first-order valence-corrected chi connectivity index (χ1v) is 6.24. The van der Waals surface area contributed by atoms with Gasteiger partial charge in [-0.25, -0.2) is 0 Å². The summed E-state index contributed by atoms with van der Waals surface area (Å²) in [6.07, 6.45) is 0. The van der Waals surface area contributed by atoms with Gasteiger partial charge in [0.15, 0.2) is 0 Å². The molecule has 0 aliphatic carbocycles. The van der Waals surface area contributed by atoms with E-state index in [0.717, 1.165) is 0 Å². The Morgan fingerprint density at radius 1 is 1.40 bits per heavy atom. The average Bonchev–Trinajstić information content (AvgIpc) is 2.02. The molecular formula is C3H6O4Si3. The third kappa shape index (κ3) is 3.27. The lowest BCUT2D eigenvalue weighted by Crippen LogP contribution is -2.12. The molecule has 54 valence electrons. The van der Waals surface area contributed by atoms with Crippen molar-refractivity contribution < 1.29 is 17.4 Å². The van der Waals surface area contributed by atoms with E-state index in [2.05, 4.69) is 0 Å². The Bertz CT molecular complexity index is 127. The maximum atomic E-state index is 5.21. The molecule has 0 amide bonds. The van der Waals surface area contributed by atoms with E-state index in [1.807, 2.05) is 6.55 Å². The van der Waals surface area contributed by atoms with Crippen molar-refractivity contribution in [2.75, 3.05) is 6.79 Å². The van der Waals surface area contributed by atoms with Crippen LogP contribution in [0.5, 0.6) is 0 Å². The van der Waals surface area contributed by atoms with Gasteiger partial charge in [-0.1, -0.05) is 0 Å². The second kappa shape index (κ2) is 4.80. The minimum atomic E-state index is -0.908. The van der Waals surface area contributed by atoms with Gasteiger partial charge in [-0.2, -0.15) is 0 Å². The van der Waals surface area contributed by atoms with Gasteiger partial charge in [-0.3, -0.25) is 0 Å². The van der Waals surface area contributed by atoms with E-state index < -0.39 is 8.65 Å². The fourth-order valence-corrected chi connectivity index (χ4v) is 2.55. The first-order valence-electron chi connectivity index (χ1n) is 2.62. The molecule has 1 rings (SSSR count). The Hall–Kier alpha value is 0.0406. The van der Waals surface area contributed by atoms with Crippen molar-refractivity contribution in [1.29, 1.82) is 0 Å². The van der Waals surface area contributed by atoms with E-state index >= 15 is 0 Å². The van der Waals surface area contributed by atoms with Crippen LogP contribution in [0.4, 0.5) is 0 Å². The number of hydrogen-bond acceptors (Lipinski definition) is 4. The Morgan fingerprint density at radius 2 is 2.20 bits per heavy atom. The van der Waals surface area contributed by atoms with Crippen LogP contribution in [0, 0.1) is 0 Å². The lowest BCUT2D eigenvalue weighted by atomic mass is 11.6. The monoisotopic (exact) mass is 190 g/mol. The van der Waals surface area contributed by atoms with Gasteiger partial charge < -0.3 is 17.4 Å². The molecule has 4 radical (unpaired) electrons. The van der Waals surface area contributed by atoms with Crippen LogP contribution >= 0.6 is 0 Å². The van der Waals surface area contributed by atoms with Crippen molar-refractivity contribution in [3.8, 4) is 0 Å². The average molecular weight is 190 g/mol. The quantitative estimate of drug-likeness (QED) is 0.462. The van der Waals surface area contributed by atoms with Crippen LogP contribution in [0.1, 0.15) is 0 Å². The third-order valence-electron chi connectivity index (χ3n) is 0.711. The second-order valence-electron chi connectivity index (χ2n) is 1.52. The largest absolute Gasteiger partial charge is 0.582 e. The van der Waals surface area contributed by atoms with Crippen molar-refractivity contribution >= 4 is 34.5 Å². The maximum Gasteiger partial charge on any atom is 0.522 e. The van der Waals surface area contributed by atoms with Crippen molar-refractivity contribution in [2.24, 2.45) is 0 Å². The van der Waals surface area contributed by atoms with Crippen LogP contribution in [-0.4, -0.2) is 41.3 Å². The highest BCUT2D eigenvalue weighted by Gasteiger charge is 2.02. The summed E-state index contributed by atoms with van der Waals surface area (Å²) in [6.45, 7) is 2.25. The van der Waals surface area contributed by atoms with Crippen molar-refractivity contribution in [2.45, 2.75) is 6.55 Å². The van der Waals surface area contributed by atoms with E-state index in [9.17, 15) is 0 Å². The summed E-state index contributed by atoms with van der Waals surface area (Å²) in [5.41, 5.74) is 0. The molecule has 0 bridgehead atoms. The van der Waals surface area contributed by atoms with E-state index in [1.165, 1.54) is 0 Å². The first kappa shape index (κ1) is 8.14. The molecule has 4 nitrogen and oxygen atoms in total. The Morgan fingerprint density at radius 3 is 3.10 bits per heavy atom. The highest BCUT2D eigenvalue weighted by molar-refractivity contribution is 6.62. The standard InChI is InChI=1S/C3H6O4Si3/c1-10-3-6-8-4-2-5-9-7-10/h3H,2H2,1H3/b10-3+. The zero-order chi connectivity index (χ0) is 7.23. The van der Waals surface area contributed by atoms with E-state index in [-0.39, 0.29) is 26.8 Å². The third-order valence-corrected chi connectivity index (χ3v) is 3.70. The molecule has 1 aliphatic heterocycles. The Balaban J connectivity index is 2.29. The predicted octanol–water partition coefficient (Wildman–Crippen LogP) is -0.945. The molecule has 0 saturated carbocycles. The molecular weight excluding hydrogens is 184 g/mol. The van der Waals surface area contributed by atoms with Gasteiger partial charge in [0.1, 0.15) is 6.79 Å². The summed E-state index contributed by atoms with van der Waals surface area (Å²) < 4.78 is 20.0. The van der Waals surface area contributed by atoms with Crippen LogP contribution in [0.2, 0.25) is 6.55 Å². The Labute approximate surface area is 65.9 Å². The summed E-state index contributed by atoms with van der Waals surface area (Å²) in [5, 5.41) is 0. The molecule has 0 aromatic heterocycles. The zero-order valence-corrected chi connectivity index (χ0v) is 8.42. The minimum Gasteiger partial charge on any atom is -0.582 e. The molecule has 0 unspecified atom stereocenters. The smallest absolute Gasteiger partial charge is 0.522 e. The van der Waals surface area contributed by atoms with Gasteiger partial charge in [0, 0.05) is 0 Å². The molecule has 0 aromatic rings. The van der Waals surface area contributed by atoms with Crippen LogP contribution in [0.3, 0.4) is 0 Å². The van der Waals surface area contributed by atoms with Gasteiger partial charge in [0.2, 0.25) is 8.65 Å². The van der Waals surface area contributed by atoms with Crippen LogP contribution in [0.15, 0.2) is 0 Å². The topological polar surface area (TPSA) is 36.9 Å². The van der Waals surface area contributed by atoms with E-state index in [1.54, 1.807) is 5.86 Å². The van der Waals surface area contributed by atoms with E-state index in [0.29, 0.717) is 0 Å². The van der Waals surface area contributed by atoms with Gasteiger partial charge in [-0.05, 0) is 6.55 Å². The highest BCUT2D eigenvalue weighted by atomic mass is 28.3. The SMILES string of the molecule is C/[Si]1=C\O[Si]OCO[Si]O1. The minimum absolute atomic E-state index is 0.0412. The summed E-state index contributed by atoms with van der Waals surface area (Å²) >= 11 is 0. The number of hydrogen-bond donors (Lipinski definition) is 0. The molecule has 10 heavy (non-hydrogen) atoms. The molecule has 0 atom stereocenters. The highest BCUT2D eigenvalue weighted by Crippen LogP contribution is 1.81. The van der Waals surface area contributed by atoms with Crippen LogP contribution < -0.4 is 0 Å². The van der Waals surface area contributed by atoms with Gasteiger partial charge >= 0.3 is 20.0 Å². The normalized spacial score (nSPS) is 25.9.